The SMILES string of the molecule is CCNC(=O)[C@H](C)N(Cc1ccc(Cl)c(Cl)c1)C(=O)CN(c1cccc(C(F)(F)F)c1)S(=O)(=O)c1ccc(C)cc1. The number of sulfonamides is 1. The van der Waals surface area contributed by atoms with Crippen LogP contribution in [-0.4, -0.2) is 44.3 Å². The molecular weight excluding hydrogens is 602 g/mol. The van der Waals surface area contributed by atoms with Crippen LogP contribution < -0.4 is 9.62 Å². The third-order valence-corrected chi connectivity index (χ3v) is 8.73. The molecule has 0 heterocycles. The first-order valence-corrected chi connectivity index (χ1v) is 14.6. The van der Waals surface area contributed by atoms with Gasteiger partial charge in [0.15, 0.2) is 0 Å². The lowest BCUT2D eigenvalue weighted by Gasteiger charge is -2.32. The number of likely N-dealkylation sites (N-methyl/N-ethyl adjacent to an activating group) is 1. The van der Waals surface area contributed by atoms with Gasteiger partial charge in [-0.3, -0.25) is 13.9 Å². The van der Waals surface area contributed by atoms with Crippen LogP contribution in [0.25, 0.3) is 0 Å². The molecule has 41 heavy (non-hydrogen) atoms. The topological polar surface area (TPSA) is 86.8 Å². The second-order valence-corrected chi connectivity index (χ2v) is 11.9. The molecule has 3 aromatic rings. The molecule has 0 aromatic heterocycles. The Hall–Kier alpha value is -3.28. The van der Waals surface area contributed by atoms with Crippen LogP contribution in [0.5, 0.6) is 0 Å². The minimum Gasteiger partial charge on any atom is -0.355 e. The fourth-order valence-corrected chi connectivity index (χ4v) is 5.67. The van der Waals surface area contributed by atoms with E-state index in [0.717, 1.165) is 22.6 Å². The number of carbonyl (C=O) groups is 2. The number of amides is 2. The predicted octanol–water partition coefficient (Wildman–Crippen LogP) is 6.07. The van der Waals surface area contributed by atoms with Gasteiger partial charge in [0.25, 0.3) is 10.0 Å². The Bertz CT molecular complexity index is 1520. The number of anilines is 1. The number of carbonyl (C=O) groups excluding carboxylic acids is 2. The molecule has 220 valence electrons. The van der Waals surface area contributed by atoms with Crippen molar-refractivity contribution in [3.05, 3.63) is 93.5 Å². The normalized spacial score (nSPS) is 12.5. The molecule has 1 atom stereocenters. The molecule has 0 unspecified atom stereocenters. The molecule has 0 aliphatic heterocycles. The number of nitrogens with zero attached hydrogens (tertiary/aromatic N) is 2. The third-order valence-electron chi connectivity index (χ3n) is 6.20. The monoisotopic (exact) mass is 629 g/mol. The van der Waals surface area contributed by atoms with Crippen LogP contribution in [0.4, 0.5) is 18.9 Å². The number of benzene rings is 3. The lowest BCUT2D eigenvalue weighted by atomic mass is 10.1. The van der Waals surface area contributed by atoms with Gasteiger partial charge in [0, 0.05) is 13.1 Å². The lowest BCUT2D eigenvalue weighted by Crippen LogP contribution is -2.51. The number of nitrogens with one attached hydrogen (secondary N) is 1. The second-order valence-electron chi connectivity index (χ2n) is 9.21. The van der Waals surface area contributed by atoms with Gasteiger partial charge < -0.3 is 10.2 Å². The summed E-state index contributed by atoms with van der Waals surface area (Å²) in [6.45, 7) is 4.13. The van der Waals surface area contributed by atoms with Crippen LogP contribution in [0.15, 0.2) is 71.6 Å². The average Bonchev–Trinajstić information content (AvgIpc) is 2.91. The van der Waals surface area contributed by atoms with Gasteiger partial charge in [-0.15, -0.1) is 0 Å². The molecule has 0 aliphatic carbocycles. The van der Waals surface area contributed by atoms with E-state index in [9.17, 15) is 31.2 Å². The molecule has 0 saturated carbocycles. The number of aryl methyl sites for hydroxylation is 1. The summed E-state index contributed by atoms with van der Waals surface area (Å²) < 4.78 is 68.8. The predicted molar refractivity (Wildman–Crippen MR) is 152 cm³/mol. The Morgan fingerprint density at radius 1 is 0.976 bits per heavy atom. The summed E-state index contributed by atoms with van der Waals surface area (Å²) in [5, 5.41) is 3.09. The molecule has 0 saturated heterocycles. The molecule has 0 aliphatic rings. The van der Waals surface area contributed by atoms with Gasteiger partial charge in [-0.1, -0.05) is 53.0 Å². The maximum atomic E-state index is 13.8. The maximum Gasteiger partial charge on any atom is 0.416 e. The zero-order chi connectivity index (χ0) is 30.5. The van der Waals surface area contributed by atoms with Crippen LogP contribution in [-0.2, 0) is 32.3 Å². The van der Waals surface area contributed by atoms with Gasteiger partial charge in [0.1, 0.15) is 12.6 Å². The van der Waals surface area contributed by atoms with Gasteiger partial charge >= 0.3 is 6.18 Å². The molecule has 1 N–H and O–H groups in total. The van der Waals surface area contributed by atoms with Crippen molar-refractivity contribution < 1.29 is 31.2 Å². The number of hydrogen-bond donors (Lipinski definition) is 1. The quantitative estimate of drug-likeness (QED) is 0.295. The van der Waals surface area contributed by atoms with Crippen LogP contribution in [0.3, 0.4) is 0 Å². The molecule has 3 rings (SSSR count). The molecule has 7 nitrogen and oxygen atoms in total. The Kier molecular flexibility index (Phi) is 10.3. The smallest absolute Gasteiger partial charge is 0.355 e. The summed E-state index contributed by atoms with van der Waals surface area (Å²) in [5.74, 6) is -1.34. The van der Waals surface area contributed by atoms with Crippen molar-refractivity contribution in [1.29, 1.82) is 0 Å². The highest BCUT2D eigenvalue weighted by molar-refractivity contribution is 7.92. The van der Waals surface area contributed by atoms with E-state index < -0.39 is 46.2 Å². The van der Waals surface area contributed by atoms with Crippen LogP contribution in [0.2, 0.25) is 10.0 Å². The highest BCUT2D eigenvalue weighted by Crippen LogP contribution is 2.33. The molecule has 0 radical (unpaired) electrons. The highest BCUT2D eigenvalue weighted by Gasteiger charge is 2.35. The number of rotatable bonds is 10. The average molecular weight is 631 g/mol. The Balaban J connectivity index is 2.10. The van der Waals surface area contributed by atoms with Crippen LogP contribution in [0.1, 0.15) is 30.5 Å². The Morgan fingerprint density at radius 3 is 2.22 bits per heavy atom. The lowest BCUT2D eigenvalue weighted by molar-refractivity contribution is -0.139. The van der Waals surface area contributed by atoms with Crippen molar-refractivity contribution in [3.63, 3.8) is 0 Å². The number of halogens is 5. The molecule has 0 bridgehead atoms. The van der Waals surface area contributed by atoms with E-state index in [1.165, 1.54) is 49.4 Å². The fourth-order valence-electron chi connectivity index (χ4n) is 3.94. The van der Waals surface area contributed by atoms with Crippen molar-refractivity contribution in [3.8, 4) is 0 Å². The summed E-state index contributed by atoms with van der Waals surface area (Å²) in [5.41, 5.74) is -0.200. The van der Waals surface area contributed by atoms with Crippen molar-refractivity contribution in [2.45, 2.75) is 44.4 Å². The van der Waals surface area contributed by atoms with Crippen molar-refractivity contribution in [2.24, 2.45) is 0 Å². The van der Waals surface area contributed by atoms with E-state index in [2.05, 4.69) is 5.32 Å². The first kappa shape index (κ1) is 32.2. The van der Waals surface area contributed by atoms with E-state index in [1.54, 1.807) is 19.9 Å². The minimum atomic E-state index is -4.76. The molecular formula is C28H28Cl2F3N3O4S. The van der Waals surface area contributed by atoms with Crippen molar-refractivity contribution >= 4 is 50.7 Å². The fraction of sp³-hybridized carbons (Fsp3) is 0.286. The second kappa shape index (κ2) is 13.1. The van der Waals surface area contributed by atoms with Gasteiger partial charge in [0.05, 0.1) is 26.2 Å². The van der Waals surface area contributed by atoms with Crippen LogP contribution >= 0.6 is 23.2 Å². The van der Waals surface area contributed by atoms with Crippen LogP contribution in [0, 0.1) is 6.92 Å². The van der Waals surface area contributed by atoms with E-state index in [1.807, 2.05) is 0 Å². The summed E-state index contributed by atoms with van der Waals surface area (Å²) in [4.78, 5) is 27.5. The zero-order valence-corrected chi connectivity index (χ0v) is 24.7. The standard InChI is InChI=1S/C28H28Cl2F3N3O4S/c1-4-34-27(38)19(3)35(16-20-10-13-24(29)25(30)14-20)26(37)17-36(22-7-5-6-21(15-22)28(31,32)33)41(39,40)23-11-8-18(2)9-12-23/h5-15,19H,4,16-17H2,1-3H3,(H,34,38)/t19-/m0/s1. The van der Waals surface area contributed by atoms with Gasteiger partial charge in [-0.05, 0) is 68.8 Å². The summed E-state index contributed by atoms with van der Waals surface area (Å²) in [7, 11) is -4.52. The molecule has 0 fully saturated rings. The first-order valence-electron chi connectivity index (χ1n) is 12.4. The first-order chi connectivity index (χ1) is 19.1. The van der Waals surface area contributed by atoms with E-state index in [0.29, 0.717) is 15.9 Å². The minimum absolute atomic E-state index is 0.158. The van der Waals surface area contributed by atoms with Crippen molar-refractivity contribution in [1.82, 2.24) is 10.2 Å². The number of hydrogen-bond acceptors (Lipinski definition) is 4. The largest absolute Gasteiger partial charge is 0.416 e. The van der Waals surface area contributed by atoms with Gasteiger partial charge in [-0.2, -0.15) is 13.2 Å². The summed E-state index contributed by atoms with van der Waals surface area (Å²) in [6, 6.07) is 12.9. The third kappa shape index (κ3) is 7.93. The molecule has 13 heteroatoms. The van der Waals surface area contributed by atoms with Gasteiger partial charge in [-0.25, -0.2) is 8.42 Å². The molecule has 3 aromatic carbocycles. The molecule has 0 spiro atoms. The van der Waals surface area contributed by atoms with Crippen molar-refractivity contribution in [2.75, 3.05) is 17.4 Å². The Morgan fingerprint density at radius 2 is 1.63 bits per heavy atom. The summed E-state index contributed by atoms with van der Waals surface area (Å²) >= 11 is 12.1. The highest BCUT2D eigenvalue weighted by atomic mass is 35.5. The maximum absolute atomic E-state index is 13.8. The zero-order valence-electron chi connectivity index (χ0n) is 22.4. The summed E-state index contributed by atoms with van der Waals surface area (Å²) in [6.07, 6.45) is -4.76. The Labute approximate surface area is 246 Å². The van der Waals surface area contributed by atoms with E-state index >= 15 is 0 Å². The number of alkyl halides is 3. The van der Waals surface area contributed by atoms with E-state index in [-0.39, 0.29) is 33.7 Å². The van der Waals surface area contributed by atoms with Gasteiger partial charge in [0.2, 0.25) is 11.8 Å². The molecule has 2 amide bonds. The van der Waals surface area contributed by atoms with E-state index in [4.69, 9.17) is 23.2 Å².